The number of aromatic nitrogens is 3. The molecule has 118 valence electrons. The third-order valence-electron chi connectivity index (χ3n) is 3.63. The fourth-order valence-corrected chi connectivity index (χ4v) is 3.29. The molecule has 0 radical (unpaired) electrons. The van der Waals surface area contributed by atoms with E-state index in [2.05, 4.69) is 30.9 Å². The minimum Gasteiger partial charge on any atom is -0.436 e. The summed E-state index contributed by atoms with van der Waals surface area (Å²) in [5.41, 5.74) is 0.770. The number of hydrogen-bond acceptors (Lipinski definition) is 5. The standard InChI is InChI=1S/C15H20N4O2S/c1-15(2,3)12-8-16-14(21-12)22-11-5-6-19(13(11)20)10-7-17-18(4)9-10/h7-9,11H,5-6H2,1-4H3. The summed E-state index contributed by atoms with van der Waals surface area (Å²) in [6, 6.07) is 0. The Kier molecular flexibility index (Phi) is 3.76. The van der Waals surface area contributed by atoms with Gasteiger partial charge in [-0.3, -0.25) is 9.48 Å². The summed E-state index contributed by atoms with van der Waals surface area (Å²) in [5, 5.41) is 4.54. The van der Waals surface area contributed by atoms with Crippen molar-refractivity contribution < 1.29 is 9.21 Å². The molecule has 0 N–H and O–H groups in total. The number of carbonyl (C=O) groups excluding carboxylic acids is 1. The van der Waals surface area contributed by atoms with Crippen molar-refractivity contribution in [2.24, 2.45) is 7.05 Å². The molecule has 3 heterocycles. The maximum absolute atomic E-state index is 12.5. The molecule has 1 aliphatic rings. The van der Waals surface area contributed by atoms with Gasteiger partial charge in [0.2, 0.25) is 5.91 Å². The van der Waals surface area contributed by atoms with Crippen LogP contribution >= 0.6 is 11.8 Å². The zero-order chi connectivity index (χ0) is 15.9. The molecule has 2 aromatic rings. The summed E-state index contributed by atoms with van der Waals surface area (Å²) in [6.07, 6.45) is 6.11. The molecular weight excluding hydrogens is 300 g/mol. The molecule has 0 spiro atoms. The number of amides is 1. The number of aryl methyl sites for hydroxylation is 1. The Morgan fingerprint density at radius 3 is 2.73 bits per heavy atom. The molecule has 0 saturated carbocycles. The van der Waals surface area contributed by atoms with Crippen LogP contribution in [0.4, 0.5) is 5.69 Å². The second-order valence-electron chi connectivity index (χ2n) is 6.50. The molecule has 0 aromatic carbocycles. The average Bonchev–Trinajstić information content (AvgIpc) is 3.12. The Balaban J connectivity index is 1.69. The van der Waals surface area contributed by atoms with Crippen LogP contribution in [0, 0.1) is 0 Å². The second kappa shape index (κ2) is 5.46. The first-order valence-electron chi connectivity index (χ1n) is 7.27. The summed E-state index contributed by atoms with van der Waals surface area (Å²) < 4.78 is 7.47. The molecular formula is C15H20N4O2S. The zero-order valence-corrected chi connectivity index (χ0v) is 14.1. The van der Waals surface area contributed by atoms with Crippen molar-refractivity contribution in [2.75, 3.05) is 11.4 Å². The van der Waals surface area contributed by atoms with Crippen LogP contribution < -0.4 is 4.90 Å². The minimum absolute atomic E-state index is 0.0762. The van der Waals surface area contributed by atoms with E-state index in [1.54, 1.807) is 22.0 Å². The molecule has 7 heteroatoms. The van der Waals surface area contributed by atoms with E-state index in [0.29, 0.717) is 11.8 Å². The lowest BCUT2D eigenvalue weighted by Crippen LogP contribution is -2.27. The lowest BCUT2D eigenvalue weighted by atomic mass is 9.94. The fourth-order valence-electron chi connectivity index (χ4n) is 2.35. The second-order valence-corrected chi connectivity index (χ2v) is 7.65. The van der Waals surface area contributed by atoms with Gasteiger partial charge in [0.15, 0.2) is 0 Å². The molecule has 0 aliphatic carbocycles. The van der Waals surface area contributed by atoms with Gasteiger partial charge in [-0.1, -0.05) is 32.5 Å². The van der Waals surface area contributed by atoms with E-state index < -0.39 is 0 Å². The maximum Gasteiger partial charge on any atom is 0.256 e. The summed E-state index contributed by atoms with van der Waals surface area (Å²) in [6.45, 7) is 6.93. The third kappa shape index (κ3) is 2.90. The van der Waals surface area contributed by atoms with Crippen molar-refractivity contribution in [2.45, 2.75) is 43.1 Å². The van der Waals surface area contributed by atoms with E-state index in [0.717, 1.165) is 17.9 Å². The van der Waals surface area contributed by atoms with E-state index in [-0.39, 0.29) is 16.6 Å². The molecule has 1 atom stereocenters. The summed E-state index contributed by atoms with van der Waals surface area (Å²) >= 11 is 1.41. The first-order valence-corrected chi connectivity index (χ1v) is 8.15. The Morgan fingerprint density at radius 2 is 2.14 bits per heavy atom. The largest absolute Gasteiger partial charge is 0.436 e. The molecule has 1 saturated heterocycles. The summed E-state index contributed by atoms with van der Waals surface area (Å²) in [5.74, 6) is 0.929. The van der Waals surface area contributed by atoms with Gasteiger partial charge >= 0.3 is 0 Å². The van der Waals surface area contributed by atoms with Crippen LogP contribution in [0.5, 0.6) is 0 Å². The van der Waals surface area contributed by atoms with Crippen LogP contribution in [-0.4, -0.2) is 32.5 Å². The van der Waals surface area contributed by atoms with Crippen molar-refractivity contribution in [3.63, 3.8) is 0 Å². The van der Waals surface area contributed by atoms with Crippen molar-refractivity contribution in [3.8, 4) is 0 Å². The normalized spacial score (nSPS) is 19.2. The number of rotatable bonds is 3. The van der Waals surface area contributed by atoms with Gasteiger partial charge in [0, 0.05) is 25.2 Å². The van der Waals surface area contributed by atoms with Crippen molar-refractivity contribution in [1.82, 2.24) is 14.8 Å². The number of hydrogen-bond donors (Lipinski definition) is 0. The first kappa shape index (κ1) is 15.1. The predicted molar refractivity (Wildman–Crippen MR) is 85.0 cm³/mol. The number of thioether (sulfide) groups is 1. The Hall–Kier alpha value is -1.76. The van der Waals surface area contributed by atoms with E-state index in [1.807, 2.05) is 13.2 Å². The van der Waals surface area contributed by atoms with Crippen LogP contribution in [0.1, 0.15) is 33.0 Å². The lowest BCUT2D eigenvalue weighted by molar-refractivity contribution is -0.116. The van der Waals surface area contributed by atoms with Crippen LogP contribution in [0.15, 0.2) is 28.2 Å². The topological polar surface area (TPSA) is 64.2 Å². The SMILES string of the molecule is Cn1cc(N2CCC(Sc3ncc(C(C)(C)C)o3)C2=O)cn1. The minimum atomic E-state index is -0.147. The number of nitrogens with zero attached hydrogens (tertiary/aromatic N) is 4. The third-order valence-corrected chi connectivity index (χ3v) is 4.74. The van der Waals surface area contributed by atoms with Crippen molar-refractivity contribution in [1.29, 1.82) is 0 Å². The lowest BCUT2D eigenvalue weighted by Gasteiger charge is -2.14. The highest BCUT2D eigenvalue weighted by molar-refractivity contribution is 8.00. The van der Waals surface area contributed by atoms with E-state index in [1.165, 1.54) is 11.8 Å². The Morgan fingerprint density at radius 1 is 1.36 bits per heavy atom. The Labute approximate surface area is 133 Å². The van der Waals surface area contributed by atoms with Crippen LogP contribution in [0.2, 0.25) is 0 Å². The Bertz CT molecular complexity index is 686. The van der Waals surface area contributed by atoms with Gasteiger partial charge in [-0.2, -0.15) is 5.10 Å². The van der Waals surface area contributed by atoms with Gasteiger partial charge in [-0.25, -0.2) is 4.98 Å². The molecule has 1 unspecified atom stereocenters. The van der Waals surface area contributed by atoms with Gasteiger partial charge in [0.05, 0.1) is 23.3 Å². The zero-order valence-electron chi connectivity index (χ0n) is 13.2. The predicted octanol–water partition coefficient (Wildman–Crippen LogP) is 2.60. The van der Waals surface area contributed by atoms with Gasteiger partial charge in [0.1, 0.15) is 5.76 Å². The highest BCUT2D eigenvalue weighted by atomic mass is 32.2. The molecule has 22 heavy (non-hydrogen) atoms. The quantitative estimate of drug-likeness (QED) is 0.870. The number of anilines is 1. The van der Waals surface area contributed by atoms with Crippen LogP contribution in [0.25, 0.3) is 0 Å². The smallest absolute Gasteiger partial charge is 0.256 e. The monoisotopic (exact) mass is 320 g/mol. The molecule has 2 aromatic heterocycles. The van der Waals surface area contributed by atoms with E-state index >= 15 is 0 Å². The first-order chi connectivity index (χ1) is 10.3. The summed E-state index contributed by atoms with van der Waals surface area (Å²) in [7, 11) is 1.84. The summed E-state index contributed by atoms with van der Waals surface area (Å²) in [4.78, 5) is 18.6. The molecule has 1 amide bonds. The van der Waals surface area contributed by atoms with Crippen LogP contribution in [-0.2, 0) is 17.3 Å². The van der Waals surface area contributed by atoms with Crippen molar-refractivity contribution in [3.05, 3.63) is 24.4 Å². The molecule has 1 fully saturated rings. The maximum atomic E-state index is 12.5. The molecule has 3 rings (SSSR count). The number of carbonyl (C=O) groups is 1. The molecule has 0 bridgehead atoms. The highest BCUT2D eigenvalue weighted by Gasteiger charge is 2.35. The van der Waals surface area contributed by atoms with Crippen molar-refractivity contribution >= 4 is 23.4 Å². The van der Waals surface area contributed by atoms with Gasteiger partial charge < -0.3 is 9.32 Å². The van der Waals surface area contributed by atoms with Gasteiger partial charge in [0.25, 0.3) is 5.22 Å². The highest BCUT2D eigenvalue weighted by Crippen LogP contribution is 2.34. The van der Waals surface area contributed by atoms with E-state index in [4.69, 9.17) is 4.42 Å². The van der Waals surface area contributed by atoms with Crippen LogP contribution in [0.3, 0.4) is 0 Å². The van der Waals surface area contributed by atoms with Gasteiger partial charge in [-0.05, 0) is 6.42 Å². The average molecular weight is 320 g/mol. The number of oxazole rings is 1. The molecule has 6 nitrogen and oxygen atoms in total. The van der Waals surface area contributed by atoms with E-state index in [9.17, 15) is 4.79 Å². The van der Waals surface area contributed by atoms with Gasteiger partial charge in [-0.15, -0.1) is 0 Å². The fraction of sp³-hybridized carbons (Fsp3) is 0.533. The molecule has 1 aliphatic heterocycles.